The molecule has 1 fully saturated rings. The molecule has 0 radical (unpaired) electrons. The molecule has 1 atom stereocenters. The van der Waals surface area contributed by atoms with Crippen molar-refractivity contribution in [2.45, 2.75) is 128 Å². The third-order valence-electron chi connectivity index (χ3n) is 10.5. The Morgan fingerprint density at radius 3 is 2.12 bits per heavy atom. The lowest BCUT2D eigenvalue weighted by molar-refractivity contribution is -0.140. The lowest BCUT2D eigenvalue weighted by atomic mass is 9.88. The molecule has 0 aliphatic heterocycles. The van der Waals surface area contributed by atoms with Crippen LogP contribution in [0.2, 0.25) is 36.3 Å². The number of hydrogen-bond donors (Lipinski definition) is 1. The lowest BCUT2D eigenvalue weighted by Gasteiger charge is -2.40. The Balaban J connectivity index is 1.51. The Kier molecular flexibility index (Phi) is 11.3. The van der Waals surface area contributed by atoms with Crippen LogP contribution in [0.1, 0.15) is 83.6 Å². The van der Waals surface area contributed by atoms with Crippen LogP contribution >= 0.6 is 0 Å². The van der Waals surface area contributed by atoms with Gasteiger partial charge >= 0.3 is 6.18 Å². The van der Waals surface area contributed by atoms with E-state index in [0.29, 0.717) is 37.5 Å². The van der Waals surface area contributed by atoms with Crippen molar-refractivity contribution in [2.75, 3.05) is 6.61 Å². The number of alkyl halides is 3. The zero-order valence-electron chi connectivity index (χ0n) is 29.9. The number of fused-ring (bicyclic) bond motifs is 1. The van der Waals surface area contributed by atoms with E-state index in [0.717, 1.165) is 22.4 Å². The van der Waals surface area contributed by atoms with Gasteiger partial charge in [-0.25, -0.2) is 8.78 Å². The fraction of sp³-hybridized carbons (Fsp3) is 0.583. The van der Waals surface area contributed by atoms with E-state index in [4.69, 9.17) is 13.6 Å². The number of benzene rings is 2. The topological polar surface area (TPSA) is 52.6 Å². The molecule has 1 aliphatic carbocycles. The van der Waals surface area contributed by atoms with Gasteiger partial charge in [0.15, 0.2) is 16.6 Å². The highest BCUT2D eigenvalue weighted by atomic mass is 28.4. The molecule has 1 N–H and O–H groups in total. The van der Waals surface area contributed by atoms with Crippen LogP contribution in [0, 0.1) is 11.6 Å². The van der Waals surface area contributed by atoms with Gasteiger partial charge in [-0.2, -0.15) is 13.2 Å². The Morgan fingerprint density at radius 1 is 0.875 bits per heavy atom. The summed E-state index contributed by atoms with van der Waals surface area (Å²) < 4.78 is 88.3. The van der Waals surface area contributed by atoms with Crippen LogP contribution in [0.3, 0.4) is 0 Å². The van der Waals surface area contributed by atoms with Crippen LogP contribution < -0.4 is 10.1 Å². The maximum Gasteiger partial charge on any atom is 0.419 e. The second kappa shape index (κ2) is 14.1. The summed E-state index contributed by atoms with van der Waals surface area (Å²) in [5.74, 6) is -1.71. The minimum Gasteiger partial charge on any atom is -0.490 e. The van der Waals surface area contributed by atoms with Crippen molar-refractivity contribution >= 4 is 27.4 Å². The molecule has 4 rings (SSSR count). The molecule has 48 heavy (non-hydrogen) atoms. The molecule has 0 spiro atoms. The van der Waals surface area contributed by atoms with Crippen molar-refractivity contribution in [1.82, 2.24) is 10.3 Å². The van der Waals surface area contributed by atoms with Crippen LogP contribution in [0.4, 0.5) is 22.0 Å². The molecule has 1 saturated carbocycles. The normalized spacial score (nSPS) is 18.6. The van der Waals surface area contributed by atoms with E-state index in [9.17, 15) is 17.6 Å². The number of aromatic nitrogens is 1. The summed E-state index contributed by atoms with van der Waals surface area (Å²) in [4.78, 5) is 4.40. The number of ether oxygens (including phenoxy) is 1. The van der Waals surface area contributed by atoms with Crippen molar-refractivity contribution in [3.63, 3.8) is 0 Å². The number of pyridine rings is 1. The number of rotatable bonds is 12. The Hall–Kier alpha value is -2.39. The number of nitrogens with one attached hydrogen (secondary N) is 1. The standard InChI is InChI=1S/C36H51F5N2O3Si2/c1-34(2,3)47(7,8)44-16-14-33(46-48(9,10)35(4,5)6)27-20-32(38)29(26-13-15-42-21-28(26)27)22-43-23-17-25(18-23)45-24-11-12-31(37)30(19-24)36(39,40)41/h11-13,15,19-21,23,25,33,43H,14,16-18,22H2,1-10H3/t23-,25-,33?. The third kappa shape index (κ3) is 8.85. The van der Waals surface area contributed by atoms with Crippen molar-refractivity contribution in [2.24, 2.45) is 0 Å². The molecule has 1 unspecified atom stereocenters. The van der Waals surface area contributed by atoms with Crippen molar-refractivity contribution in [3.05, 3.63) is 71.1 Å². The molecule has 3 aromatic rings. The van der Waals surface area contributed by atoms with Crippen molar-refractivity contribution in [3.8, 4) is 5.75 Å². The van der Waals surface area contributed by atoms with Gasteiger partial charge in [0.2, 0.25) is 0 Å². The van der Waals surface area contributed by atoms with Crippen molar-refractivity contribution < 1.29 is 35.5 Å². The van der Waals surface area contributed by atoms with E-state index in [2.05, 4.69) is 78.0 Å². The summed E-state index contributed by atoms with van der Waals surface area (Å²) in [7, 11) is -4.27. The first-order valence-corrected chi connectivity index (χ1v) is 22.5. The summed E-state index contributed by atoms with van der Waals surface area (Å²) in [5, 5.41) is 4.97. The van der Waals surface area contributed by atoms with Crippen LogP contribution in [-0.2, 0) is 21.6 Å². The lowest BCUT2D eigenvalue weighted by Crippen LogP contribution is -2.46. The smallest absolute Gasteiger partial charge is 0.419 e. The van der Waals surface area contributed by atoms with Gasteiger partial charge < -0.3 is 18.9 Å². The van der Waals surface area contributed by atoms with Gasteiger partial charge in [0.25, 0.3) is 0 Å². The van der Waals surface area contributed by atoms with E-state index in [1.54, 1.807) is 18.5 Å². The fourth-order valence-electron chi connectivity index (χ4n) is 5.27. The zero-order valence-corrected chi connectivity index (χ0v) is 31.9. The van der Waals surface area contributed by atoms with Gasteiger partial charge in [0.1, 0.15) is 23.5 Å². The van der Waals surface area contributed by atoms with Gasteiger partial charge in [-0.3, -0.25) is 4.98 Å². The van der Waals surface area contributed by atoms with Crippen LogP contribution in [0.25, 0.3) is 10.8 Å². The van der Waals surface area contributed by atoms with Gasteiger partial charge in [-0.15, -0.1) is 0 Å². The highest BCUT2D eigenvalue weighted by Crippen LogP contribution is 2.43. The van der Waals surface area contributed by atoms with E-state index in [1.807, 2.05) is 6.07 Å². The summed E-state index contributed by atoms with van der Waals surface area (Å²) in [5.41, 5.74) is -0.0792. The third-order valence-corrected chi connectivity index (χ3v) is 19.5. The Labute approximate surface area is 284 Å². The molecular formula is C36H51F5N2O3Si2. The van der Waals surface area contributed by atoms with E-state index >= 15 is 4.39 Å². The quantitative estimate of drug-likeness (QED) is 0.150. The summed E-state index contributed by atoms with van der Waals surface area (Å²) in [6, 6.07) is 6.05. The zero-order chi connectivity index (χ0) is 35.9. The first kappa shape index (κ1) is 38.4. The summed E-state index contributed by atoms with van der Waals surface area (Å²) >= 11 is 0. The van der Waals surface area contributed by atoms with Crippen molar-refractivity contribution in [1.29, 1.82) is 0 Å². The maximum absolute atomic E-state index is 16.1. The number of hydrogen-bond acceptors (Lipinski definition) is 5. The number of halogens is 5. The highest BCUT2D eigenvalue weighted by molar-refractivity contribution is 6.74. The second-order valence-electron chi connectivity index (χ2n) is 16.0. The number of nitrogens with zero attached hydrogens (tertiary/aromatic N) is 1. The SMILES string of the molecule is CC(C)(C)[Si](C)(C)OCCC(O[Si](C)(C)C(C)(C)C)c1cc(F)c(CN[C@H]2C[C@H](Oc3ccc(F)c(C(F)(F)F)c3)C2)c2ccncc12. The molecule has 5 nitrogen and oxygen atoms in total. The molecular weight excluding hydrogens is 660 g/mol. The van der Waals surface area contributed by atoms with E-state index < -0.39 is 34.2 Å². The molecule has 0 amide bonds. The molecule has 1 aromatic heterocycles. The molecule has 266 valence electrons. The largest absolute Gasteiger partial charge is 0.490 e. The van der Waals surface area contributed by atoms with Gasteiger partial charge in [-0.05, 0) is 96.8 Å². The predicted octanol–water partition coefficient (Wildman–Crippen LogP) is 10.7. The first-order valence-electron chi connectivity index (χ1n) is 16.6. The van der Waals surface area contributed by atoms with Crippen LogP contribution in [0.15, 0.2) is 42.7 Å². The molecule has 12 heteroatoms. The second-order valence-corrected chi connectivity index (χ2v) is 25.6. The van der Waals surface area contributed by atoms with E-state index in [-0.39, 0.29) is 46.4 Å². The van der Waals surface area contributed by atoms with Gasteiger partial charge in [0, 0.05) is 42.5 Å². The Morgan fingerprint density at radius 2 is 1.52 bits per heavy atom. The molecule has 2 aromatic carbocycles. The minimum atomic E-state index is -4.81. The average molecular weight is 711 g/mol. The molecule has 1 heterocycles. The minimum absolute atomic E-state index is 0.0179. The summed E-state index contributed by atoms with van der Waals surface area (Å²) in [6.07, 6.45) is -0.456. The average Bonchev–Trinajstić information content (AvgIpc) is 2.93. The molecule has 0 bridgehead atoms. The predicted molar refractivity (Wildman–Crippen MR) is 186 cm³/mol. The maximum atomic E-state index is 16.1. The summed E-state index contributed by atoms with van der Waals surface area (Å²) in [6.45, 7) is 22.8. The van der Waals surface area contributed by atoms with Gasteiger partial charge in [-0.1, -0.05) is 41.5 Å². The highest BCUT2D eigenvalue weighted by Gasteiger charge is 2.41. The van der Waals surface area contributed by atoms with Crippen LogP contribution in [0.5, 0.6) is 5.75 Å². The molecule has 1 aliphatic rings. The van der Waals surface area contributed by atoms with Gasteiger partial charge in [0.05, 0.1) is 11.7 Å². The Bertz CT molecular complexity index is 1580. The van der Waals surface area contributed by atoms with Crippen LogP contribution in [-0.4, -0.2) is 40.4 Å². The first-order chi connectivity index (χ1) is 22.0. The monoisotopic (exact) mass is 710 g/mol. The van der Waals surface area contributed by atoms with E-state index in [1.165, 1.54) is 6.07 Å². The fourth-order valence-corrected chi connectivity index (χ4v) is 7.64. The molecule has 0 saturated heterocycles.